The minimum atomic E-state index is -0.250. The molecule has 0 saturated heterocycles. The van der Waals surface area contributed by atoms with Gasteiger partial charge >= 0.3 is 6.03 Å². The van der Waals surface area contributed by atoms with E-state index in [2.05, 4.69) is 26.6 Å². The molecule has 0 atom stereocenters. The molecule has 0 aliphatic rings. The Morgan fingerprint density at radius 1 is 1.10 bits per heavy atom. The Morgan fingerprint density at radius 3 is 2.65 bits per heavy atom. The van der Waals surface area contributed by atoms with Gasteiger partial charge in [-0.15, -0.1) is 0 Å². The van der Waals surface area contributed by atoms with Crippen LogP contribution >= 0.6 is 15.9 Å². The van der Waals surface area contributed by atoms with E-state index in [1.165, 1.54) is 0 Å². The molecule has 4 nitrogen and oxygen atoms in total. The maximum Gasteiger partial charge on any atom is 0.319 e. The average Bonchev–Trinajstić information content (AvgIpc) is 2.45. The standard InChI is InChI=1S/C15H15BrN2O2/c16-12-5-4-6-13(11-12)18-15(19)17-9-10-20-14-7-2-1-3-8-14/h1-8,11H,9-10H2,(H2,17,18,19). The smallest absolute Gasteiger partial charge is 0.319 e. The lowest BCUT2D eigenvalue weighted by molar-refractivity contribution is 0.247. The van der Waals surface area contributed by atoms with Gasteiger partial charge in [0.1, 0.15) is 12.4 Å². The van der Waals surface area contributed by atoms with Gasteiger partial charge < -0.3 is 15.4 Å². The fraction of sp³-hybridized carbons (Fsp3) is 0.133. The van der Waals surface area contributed by atoms with E-state index in [9.17, 15) is 4.79 Å². The molecule has 0 radical (unpaired) electrons. The minimum absolute atomic E-state index is 0.250. The maximum atomic E-state index is 11.6. The molecule has 0 aromatic heterocycles. The van der Waals surface area contributed by atoms with Crippen molar-refractivity contribution >= 4 is 27.6 Å². The van der Waals surface area contributed by atoms with Crippen LogP contribution in [0.5, 0.6) is 5.75 Å². The number of hydrogen-bond acceptors (Lipinski definition) is 2. The van der Waals surface area contributed by atoms with Gasteiger partial charge in [-0.05, 0) is 30.3 Å². The lowest BCUT2D eigenvalue weighted by Gasteiger charge is -2.09. The van der Waals surface area contributed by atoms with Crippen LogP contribution in [0.3, 0.4) is 0 Å². The number of hydrogen-bond donors (Lipinski definition) is 2. The molecule has 0 aliphatic heterocycles. The molecular weight excluding hydrogens is 320 g/mol. The van der Waals surface area contributed by atoms with E-state index in [-0.39, 0.29) is 6.03 Å². The number of carbonyl (C=O) groups is 1. The summed E-state index contributed by atoms with van der Waals surface area (Å²) >= 11 is 3.35. The summed E-state index contributed by atoms with van der Waals surface area (Å²) in [5.41, 5.74) is 0.737. The summed E-state index contributed by atoms with van der Waals surface area (Å²) in [7, 11) is 0. The van der Waals surface area contributed by atoms with E-state index in [0.717, 1.165) is 15.9 Å². The highest BCUT2D eigenvalue weighted by molar-refractivity contribution is 9.10. The van der Waals surface area contributed by atoms with Gasteiger partial charge in [0.25, 0.3) is 0 Å². The van der Waals surface area contributed by atoms with E-state index in [0.29, 0.717) is 13.2 Å². The molecule has 2 aromatic rings. The Morgan fingerprint density at radius 2 is 1.90 bits per heavy atom. The highest BCUT2D eigenvalue weighted by Gasteiger charge is 2.01. The van der Waals surface area contributed by atoms with Gasteiger partial charge in [0.05, 0.1) is 6.54 Å². The zero-order chi connectivity index (χ0) is 14.2. The third-order valence-corrected chi connectivity index (χ3v) is 2.98. The van der Waals surface area contributed by atoms with Gasteiger partial charge in [-0.3, -0.25) is 0 Å². The molecule has 0 aliphatic carbocycles. The molecular formula is C15H15BrN2O2. The van der Waals surface area contributed by atoms with Crippen LogP contribution < -0.4 is 15.4 Å². The minimum Gasteiger partial charge on any atom is -0.492 e. The molecule has 104 valence electrons. The molecule has 2 amide bonds. The largest absolute Gasteiger partial charge is 0.492 e. The highest BCUT2D eigenvalue weighted by atomic mass is 79.9. The zero-order valence-electron chi connectivity index (χ0n) is 10.8. The molecule has 0 bridgehead atoms. The van der Waals surface area contributed by atoms with Crippen LogP contribution in [0.4, 0.5) is 10.5 Å². The topological polar surface area (TPSA) is 50.4 Å². The van der Waals surface area contributed by atoms with Gasteiger partial charge in [-0.25, -0.2) is 4.79 Å². The van der Waals surface area contributed by atoms with E-state index in [1.54, 1.807) is 0 Å². The lowest BCUT2D eigenvalue weighted by Crippen LogP contribution is -2.32. The van der Waals surface area contributed by atoms with Crippen molar-refractivity contribution in [2.24, 2.45) is 0 Å². The Bertz CT molecular complexity index is 561. The van der Waals surface area contributed by atoms with E-state index in [4.69, 9.17) is 4.74 Å². The average molecular weight is 335 g/mol. The summed E-state index contributed by atoms with van der Waals surface area (Å²) in [5, 5.41) is 5.48. The van der Waals surface area contributed by atoms with Gasteiger partial charge in [-0.1, -0.05) is 40.2 Å². The van der Waals surface area contributed by atoms with Crippen LogP contribution in [0, 0.1) is 0 Å². The first-order valence-electron chi connectivity index (χ1n) is 6.22. The second-order valence-electron chi connectivity index (χ2n) is 4.05. The van der Waals surface area contributed by atoms with Crippen molar-refractivity contribution in [3.63, 3.8) is 0 Å². The van der Waals surface area contributed by atoms with Gasteiger partial charge in [0.15, 0.2) is 0 Å². The summed E-state index contributed by atoms with van der Waals surface area (Å²) in [6.45, 7) is 0.866. The number of carbonyl (C=O) groups excluding carboxylic acids is 1. The predicted molar refractivity (Wildman–Crippen MR) is 83.1 cm³/mol. The SMILES string of the molecule is O=C(NCCOc1ccccc1)Nc1cccc(Br)c1. The summed E-state index contributed by atoms with van der Waals surface area (Å²) < 4.78 is 6.39. The van der Waals surface area contributed by atoms with Crippen LogP contribution in [0.2, 0.25) is 0 Å². The fourth-order valence-corrected chi connectivity index (χ4v) is 1.99. The third-order valence-electron chi connectivity index (χ3n) is 2.48. The third kappa shape index (κ3) is 4.93. The zero-order valence-corrected chi connectivity index (χ0v) is 12.4. The fourth-order valence-electron chi connectivity index (χ4n) is 1.59. The molecule has 0 heterocycles. The van der Waals surface area contributed by atoms with Crippen LogP contribution in [-0.4, -0.2) is 19.2 Å². The van der Waals surface area contributed by atoms with Crippen molar-refractivity contribution in [2.75, 3.05) is 18.5 Å². The van der Waals surface area contributed by atoms with Crippen molar-refractivity contribution in [3.8, 4) is 5.75 Å². The van der Waals surface area contributed by atoms with Gasteiger partial charge in [0.2, 0.25) is 0 Å². The summed E-state index contributed by atoms with van der Waals surface area (Å²) in [6.07, 6.45) is 0. The first-order valence-corrected chi connectivity index (χ1v) is 7.01. The number of para-hydroxylation sites is 1. The van der Waals surface area contributed by atoms with Gasteiger partial charge in [-0.2, -0.15) is 0 Å². The van der Waals surface area contributed by atoms with Crippen LogP contribution in [0.1, 0.15) is 0 Å². The monoisotopic (exact) mass is 334 g/mol. The number of ether oxygens (including phenoxy) is 1. The molecule has 0 saturated carbocycles. The molecule has 2 N–H and O–H groups in total. The molecule has 0 spiro atoms. The van der Waals surface area contributed by atoms with Crippen molar-refractivity contribution < 1.29 is 9.53 Å². The number of halogens is 1. The number of rotatable bonds is 5. The summed E-state index contributed by atoms with van der Waals surface area (Å²) in [4.78, 5) is 11.6. The van der Waals surface area contributed by atoms with Crippen LogP contribution in [0.15, 0.2) is 59.1 Å². The number of anilines is 1. The van der Waals surface area contributed by atoms with Crippen molar-refractivity contribution in [3.05, 3.63) is 59.1 Å². The first-order chi connectivity index (χ1) is 9.74. The number of amides is 2. The molecule has 5 heteroatoms. The second-order valence-corrected chi connectivity index (χ2v) is 4.97. The Hall–Kier alpha value is -2.01. The van der Waals surface area contributed by atoms with E-state index >= 15 is 0 Å². The Kier molecular flexibility index (Phi) is 5.43. The van der Waals surface area contributed by atoms with Crippen LogP contribution in [0.25, 0.3) is 0 Å². The maximum absolute atomic E-state index is 11.6. The first kappa shape index (κ1) is 14.4. The predicted octanol–water partition coefficient (Wildman–Crippen LogP) is 3.65. The molecule has 0 fully saturated rings. The number of urea groups is 1. The molecule has 2 rings (SSSR count). The van der Waals surface area contributed by atoms with Crippen molar-refractivity contribution in [2.45, 2.75) is 0 Å². The van der Waals surface area contributed by atoms with Crippen molar-refractivity contribution in [1.82, 2.24) is 5.32 Å². The number of benzene rings is 2. The van der Waals surface area contributed by atoms with Crippen LogP contribution in [-0.2, 0) is 0 Å². The molecule has 2 aromatic carbocycles. The quantitative estimate of drug-likeness (QED) is 0.820. The Balaban J connectivity index is 1.68. The highest BCUT2D eigenvalue weighted by Crippen LogP contribution is 2.15. The lowest BCUT2D eigenvalue weighted by atomic mass is 10.3. The van der Waals surface area contributed by atoms with Gasteiger partial charge in [0, 0.05) is 10.2 Å². The summed E-state index contributed by atoms with van der Waals surface area (Å²) in [6, 6.07) is 16.7. The van der Waals surface area contributed by atoms with E-state index < -0.39 is 0 Å². The summed E-state index contributed by atoms with van der Waals surface area (Å²) in [5.74, 6) is 0.793. The molecule has 20 heavy (non-hydrogen) atoms. The number of nitrogens with one attached hydrogen (secondary N) is 2. The normalized spacial score (nSPS) is 9.85. The second kappa shape index (κ2) is 7.55. The van der Waals surface area contributed by atoms with Crippen molar-refractivity contribution in [1.29, 1.82) is 0 Å². The molecule has 0 unspecified atom stereocenters. The Labute approximate surface area is 126 Å². The van der Waals surface area contributed by atoms with E-state index in [1.807, 2.05) is 54.6 Å².